The van der Waals surface area contributed by atoms with E-state index in [1.165, 1.54) is 0 Å². The maximum absolute atomic E-state index is 6.01. The molecular weight excluding hydrogens is 281 g/mol. The first-order valence-electron chi connectivity index (χ1n) is 5.87. The van der Waals surface area contributed by atoms with Gasteiger partial charge in [-0.2, -0.15) is 0 Å². The summed E-state index contributed by atoms with van der Waals surface area (Å²) >= 11 is 12.0. The molecule has 1 aromatic carbocycles. The molecule has 0 aliphatic rings. The lowest BCUT2D eigenvalue weighted by atomic mass is 9.95. The van der Waals surface area contributed by atoms with E-state index in [0.29, 0.717) is 21.7 Å². The summed E-state index contributed by atoms with van der Waals surface area (Å²) in [5.41, 5.74) is 7.23. The van der Waals surface area contributed by atoms with Crippen molar-refractivity contribution in [3.05, 3.63) is 40.1 Å². The number of hydrogen-bond acceptors (Lipinski definition) is 3. The van der Waals surface area contributed by atoms with Crippen LogP contribution in [0.4, 0.5) is 5.82 Å². The SMILES string of the molecule is CC(C)(C)c1nc(N)cc(-c2cc(Cl)cc(Cl)c2)n1. The monoisotopic (exact) mass is 295 g/mol. The maximum Gasteiger partial charge on any atom is 0.136 e. The van der Waals surface area contributed by atoms with Gasteiger partial charge in [0, 0.05) is 27.1 Å². The molecule has 0 unspecified atom stereocenters. The Hall–Kier alpha value is -1.32. The lowest BCUT2D eigenvalue weighted by molar-refractivity contribution is 0.547. The lowest BCUT2D eigenvalue weighted by Crippen LogP contribution is -2.17. The summed E-state index contributed by atoms with van der Waals surface area (Å²) in [5.74, 6) is 1.13. The van der Waals surface area contributed by atoms with E-state index in [4.69, 9.17) is 28.9 Å². The number of nitrogens with two attached hydrogens (primary N) is 1. The average Bonchev–Trinajstić information content (AvgIpc) is 2.25. The van der Waals surface area contributed by atoms with Crippen LogP contribution in [-0.2, 0) is 5.41 Å². The molecule has 0 saturated heterocycles. The van der Waals surface area contributed by atoms with Crippen LogP contribution in [-0.4, -0.2) is 9.97 Å². The van der Waals surface area contributed by atoms with Gasteiger partial charge in [-0.3, -0.25) is 0 Å². The summed E-state index contributed by atoms with van der Waals surface area (Å²) < 4.78 is 0. The van der Waals surface area contributed by atoms with Gasteiger partial charge in [0.2, 0.25) is 0 Å². The Kier molecular flexibility index (Phi) is 3.70. The van der Waals surface area contributed by atoms with Crippen LogP contribution in [0.2, 0.25) is 10.0 Å². The van der Waals surface area contributed by atoms with Crippen molar-refractivity contribution in [2.45, 2.75) is 26.2 Å². The van der Waals surface area contributed by atoms with Crippen molar-refractivity contribution in [1.82, 2.24) is 9.97 Å². The molecule has 100 valence electrons. The molecule has 3 nitrogen and oxygen atoms in total. The van der Waals surface area contributed by atoms with E-state index in [1.54, 1.807) is 12.1 Å². The summed E-state index contributed by atoms with van der Waals surface area (Å²) in [6, 6.07) is 7.02. The third-order valence-corrected chi connectivity index (χ3v) is 3.01. The van der Waals surface area contributed by atoms with Gasteiger partial charge in [-0.1, -0.05) is 44.0 Å². The van der Waals surface area contributed by atoms with Gasteiger partial charge in [0.25, 0.3) is 0 Å². The van der Waals surface area contributed by atoms with E-state index in [-0.39, 0.29) is 5.41 Å². The van der Waals surface area contributed by atoms with E-state index in [1.807, 2.05) is 32.9 Å². The predicted molar refractivity (Wildman–Crippen MR) is 80.6 cm³/mol. The highest BCUT2D eigenvalue weighted by molar-refractivity contribution is 6.35. The van der Waals surface area contributed by atoms with E-state index in [2.05, 4.69) is 9.97 Å². The number of nitrogen functional groups attached to an aromatic ring is 1. The fourth-order valence-corrected chi connectivity index (χ4v) is 2.18. The fourth-order valence-electron chi connectivity index (χ4n) is 1.65. The first-order chi connectivity index (χ1) is 8.75. The maximum atomic E-state index is 6.01. The molecule has 1 aromatic heterocycles. The van der Waals surface area contributed by atoms with Crippen LogP contribution >= 0.6 is 23.2 Å². The number of nitrogens with zero attached hydrogens (tertiary/aromatic N) is 2. The molecule has 0 bridgehead atoms. The highest BCUT2D eigenvalue weighted by Gasteiger charge is 2.19. The van der Waals surface area contributed by atoms with Crippen LogP contribution in [0, 0.1) is 0 Å². The molecule has 2 aromatic rings. The zero-order valence-electron chi connectivity index (χ0n) is 11.0. The topological polar surface area (TPSA) is 51.8 Å². The minimum atomic E-state index is -0.174. The molecule has 2 N–H and O–H groups in total. The Balaban J connectivity index is 2.59. The Labute approximate surface area is 122 Å². The second kappa shape index (κ2) is 4.99. The van der Waals surface area contributed by atoms with Crippen molar-refractivity contribution in [2.24, 2.45) is 0 Å². The summed E-state index contributed by atoms with van der Waals surface area (Å²) in [6.45, 7) is 6.11. The Morgan fingerprint density at radius 3 is 2.05 bits per heavy atom. The molecule has 2 rings (SSSR count). The smallest absolute Gasteiger partial charge is 0.136 e. The second-order valence-electron chi connectivity index (χ2n) is 5.41. The number of benzene rings is 1. The molecule has 0 atom stereocenters. The van der Waals surface area contributed by atoms with Gasteiger partial charge in [-0.05, 0) is 18.2 Å². The Morgan fingerprint density at radius 2 is 1.53 bits per heavy atom. The van der Waals surface area contributed by atoms with Gasteiger partial charge < -0.3 is 5.73 Å². The van der Waals surface area contributed by atoms with Crippen molar-refractivity contribution in [1.29, 1.82) is 0 Å². The van der Waals surface area contributed by atoms with Gasteiger partial charge in [-0.15, -0.1) is 0 Å². The van der Waals surface area contributed by atoms with Crippen LogP contribution in [0.3, 0.4) is 0 Å². The Bertz CT molecular complexity index is 598. The molecule has 0 aliphatic heterocycles. The molecule has 19 heavy (non-hydrogen) atoms. The number of anilines is 1. The van der Waals surface area contributed by atoms with Crippen molar-refractivity contribution in [3.63, 3.8) is 0 Å². The van der Waals surface area contributed by atoms with Gasteiger partial charge in [0.05, 0.1) is 5.69 Å². The van der Waals surface area contributed by atoms with Crippen LogP contribution in [0.1, 0.15) is 26.6 Å². The predicted octanol–water partition coefficient (Wildman–Crippen LogP) is 4.33. The number of hydrogen-bond donors (Lipinski definition) is 1. The highest BCUT2D eigenvalue weighted by atomic mass is 35.5. The molecule has 0 aliphatic carbocycles. The van der Waals surface area contributed by atoms with Gasteiger partial charge in [0.15, 0.2) is 0 Å². The first-order valence-corrected chi connectivity index (χ1v) is 6.63. The molecule has 0 saturated carbocycles. The molecule has 1 heterocycles. The fraction of sp³-hybridized carbons (Fsp3) is 0.286. The van der Waals surface area contributed by atoms with Crippen LogP contribution in [0.25, 0.3) is 11.3 Å². The molecule has 0 spiro atoms. The van der Waals surface area contributed by atoms with E-state index in [0.717, 1.165) is 11.3 Å². The Morgan fingerprint density at radius 1 is 0.947 bits per heavy atom. The average molecular weight is 296 g/mol. The van der Waals surface area contributed by atoms with Crippen LogP contribution in [0.5, 0.6) is 0 Å². The number of halogens is 2. The van der Waals surface area contributed by atoms with Crippen LogP contribution < -0.4 is 5.73 Å². The summed E-state index contributed by atoms with van der Waals surface area (Å²) in [6.07, 6.45) is 0. The quantitative estimate of drug-likeness (QED) is 0.852. The zero-order chi connectivity index (χ0) is 14.2. The molecule has 0 fully saturated rings. The molecule has 0 amide bonds. The minimum Gasteiger partial charge on any atom is -0.384 e. The first kappa shape index (κ1) is 14.1. The summed E-state index contributed by atoms with van der Waals surface area (Å²) in [7, 11) is 0. The summed E-state index contributed by atoms with van der Waals surface area (Å²) in [5, 5.41) is 1.13. The number of rotatable bonds is 1. The summed E-state index contributed by atoms with van der Waals surface area (Å²) in [4.78, 5) is 8.83. The second-order valence-corrected chi connectivity index (χ2v) is 6.28. The molecular formula is C14H15Cl2N3. The van der Waals surface area contributed by atoms with Crippen molar-refractivity contribution in [2.75, 3.05) is 5.73 Å². The largest absolute Gasteiger partial charge is 0.384 e. The van der Waals surface area contributed by atoms with Gasteiger partial charge >= 0.3 is 0 Å². The highest BCUT2D eigenvalue weighted by Crippen LogP contribution is 2.28. The molecule has 0 radical (unpaired) electrons. The van der Waals surface area contributed by atoms with E-state index in [9.17, 15) is 0 Å². The van der Waals surface area contributed by atoms with Gasteiger partial charge in [-0.25, -0.2) is 9.97 Å². The minimum absolute atomic E-state index is 0.174. The zero-order valence-corrected chi connectivity index (χ0v) is 12.5. The van der Waals surface area contributed by atoms with Crippen LogP contribution in [0.15, 0.2) is 24.3 Å². The van der Waals surface area contributed by atoms with Crippen molar-refractivity contribution in [3.8, 4) is 11.3 Å². The third-order valence-electron chi connectivity index (χ3n) is 2.58. The van der Waals surface area contributed by atoms with E-state index < -0.39 is 0 Å². The van der Waals surface area contributed by atoms with E-state index >= 15 is 0 Å². The van der Waals surface area contributed by atoms with Crippen molar-refractivity contribution >= 4 is 29.0 Å². The lowest BCUT2D eigenvalue weighted by Gasteiger charge is -2.17. The van der Waals surface area contributed by atoms with Crippen molar-refractivity contribution < 1.29 is 0 Å². The standard InChI is InChI=1S/C14H15Cl2N3/c1-14(2,3)13-18-11(7-12(17)19-13)8-4-9(15)6-10(16)5-8/h4-7H,1-3H3,(H2,17,18,19). The third kappa shape index (κ3) is 3.37. The van der Waals surface area contributed by atoms with Gasteiger partial charge in [0.1, 0.15) is 11.6 Å². The molecule has 5 heteroatoms. The number of aromatic nitrogens is 2. The normalized spacial score (nSPS) is 11.6.